The van der Waals surface area contributed by atoms with Crippen molar-refractivity contribution in [3.05, 3.63) is 64.1 Å². The molecule has 10 heteroatoms. The number of pyridine rings is 1. The summed E-state index contributed by atoms with van der Waals surface area (Å²) < 4.78 is 15.8. The topological polar surface area (TPSA) is 97.7 Å². The number of anilines is 1. The van der Waals surface area contributed by atoms with Gasteiger partial charge in [0, 0.05) is 36.0 Å². The van der Waals surface area contributed by atoms with Gasteiger partial charge in [0.05, 0.1) is 24.3 Å². The predicted octanol–water partition coefficient (Wildman–Crippen LogP) is 3.94. The number of aromatic nitrogens is 4. The molecule has 2 fully saturated rings. The summed E-state index contributed by atoms with van der Waals surface area (Å²) >= 11 is 6.32. The maximum absolute atomic E-state index is 13.6. The summed E-state index contributed by atoms with van der Waals surface area (Å²) in [6.45, 7) is 4.70. The van der Waals surface area contributed by atoms with E-state index in [1.807, 2.05) is 31.2 Å². The third kappa shape index (κ3) is 3.54. The van der Waals surface area contributed by atoms with Crippen molar-refractivity contribution in [1.29, 1.82) is 10.5 Å². The number of nitriles is 2. The molecule has 1 saturated carbocycles. The minimum atomic E-state index is -0.591. The van der Waals surface area contributed by atoms with Crippen LogP contribution in [0.4, 0.5) is 10.2 Å². The summed E-state index contributed by atoms with van der Waals surface area (Å²) in [5.41, 5.74) is 2.08. The zero-order valence-corrected chi connectivity index (χ0v) is 19.9. The second-order valence-corrected chi connectivity index (χ2v) is 10.3. The smallest absolute Gasteiger partial charge is 0.178 e. The molecule has 3 aliphatic rings. The van der Waals surface area contributed by atoms with Crippen LogP contribution in [0.15, 0.2) is 30.3 Å². The second kappa shape index (κ2) is 8.01. The molecule has 6 rings (SSSR count). The Morgan fingerprint density at radius 1 is 1.14 bits per heavy atom. The van der Waals surface area contributed by atoms with Crippen LogP contribution in [0, 0.1) is 33.9 Å². The molecule has 0 N–H and O–H groups in total. The standard InChI is InChI=1S/C25H22ClFN8/c1-15(9-28)33-11-16-6-18(26)2-4-21(16)35-23(12-33)31-32-24(35)17-7-25(8-17)13-34(14-25)22-5-3-19(27)20(10-29)30-22/h2-6,15,17H,7-8,11-14H2,1H3. The number of halogens is 2. The van der Waals surface area contributed by atoms with Crippen LogP contribution >= 0.6 is 11.6 Å². The molecule has 2 aromatic heterocycles. The summed E-state index contributed by atoms with van der Waals surface area (Å²) in [5.74, 6) is 2.11. The molecule has 2 aliphatic heterocycles. The first kappa shape index (κ1) is 22.0. The second-order valence-electron chi connectivity index (χ2n) is 9.87. The predicted molar refractivity (Wildman–Crippen MR) is 126 cm³/mol. The highest BCUT2D eigenvalue weighted by atomic mass is 35.5. The number of hydrogen-bond acceptors (Lipinski definition) is 7. The van der Waals surface area contributed by atoms with E-state index in [9.17, 15) is 9.65 Å². The third-order valence-electron chi connectivity index (χ3n) is 7.53. The normalized spacial score (nSPS) is 19.5. The molecule has 1 unspecified atom stereocenters. The Morgan fingerprint density at radius 2 is 1.94 bits per heavy atom. The van der Waals surface area contributed by atoms with Gasteiger partial charge in [-0.25, -0.2) is 9.37 Å². The Kier molecular flexibility index (Phi) is 5.03. The van der Waals surface area contributed by atoms with Crippen molar-refractivity contribution in [1.82, 2.24) is 24.6 Å². The van der Waals surface area contributed by atoms with Gasteiger partial charge in [-0.3, -0.25) is 9.47 Å². The van der Waals surface area contributed by atoms with Crippen molar-refractivity contribution >= 4 is 17.4 Å². The average Bonchev–Trinajstić information content (AvgIpc) is 3.12. The molecule has 8 nitrogen and oxygen atoms in total. The average molecular weight is 489 g/mol. The Labute approximate surface area is 207 Å². The molecule has 0 amide bonds. The Balaban J connectivity index is 1.24. The number of rotatable bonds is 3. The van der Waals surface area contributed by atoms with Crippen LogP contribution in [-0.4, -0.2) is 43.8 Å². The quantitative estimate of drug-likeness (QED) is 0.550. The van der Waals surface area contributed by atoms with Crippen molar-refractivity contribution in [2.45, 2.75) is 44.8 Å². The van der Waals surface area contributed by atoms with Crippen LogP contribution < -0.4 is 4.90 Å². The van der Waals surface area contributed by atoms with Crippen molar-refractivity contribution in [3.8, 4) is 17.8 Å². The van der Waals surface area contributed by atoms with Gasteiger partial charge in [-0.15, -0.1) is 10.2 Å². The maximum atomic E-state index is 13.6. The summed E-state index contributed by atoms with van der Waals surface area (Å²) in [6, 6.07) is 12.7. The lowest BCUT2D eigenvalue weighted by Crippen LogP contribution is -2.62. The van der Waals surface area contributed by atoms with Gasteiger partial charge in [-0.2, -0.15) is 10.5 Å². The fraction of sp³-hybridized carbons (Fsp3) is 0.400. The van der Waals surface area contributed by atoms with Crippen LogP contribution in [0.3, 0.4) is 0 Å². The summed E-state index contributed by atoms with van der Waals surface area (Å²) in [5, 5.41) is 28.4. The van der Waals surface area contributed by atoms with E-state index in [0.29, 0.717) is 23.9 Å². The van der Waals surface area contributed by atoms with E-state index in [4.69, 9.17) is 16.9 Å². The minimum absolute atomic E-state index is 0.167. The number of benzene rings is 1. The van der Waals surface area contributed by atoms with Gasteiger partial charge in [-0.05, 0) is 55.7 Å². The van der Waals surface area contributed by atoms with E-state index in [-0.39, 0.29) is 23.1 Å². The van der Waals surface area contributed by atoms with Crippen molar-refractivity contribution < 1.29 is 4.39 Å². The molecule has 0 bridgehead atoms. The van der Waals surface area contributed by atoms with Crippen molar-refractivity contribution in [2.75, 3.05) is 18.0 Å². The maximum Gasteiger partial charge on any atom is 0.178 e. The highest BCUT2D eigenvalue weighted by molar-refractivity contribution is 6.30. The van der Waals surface area contributed by atoms with Gasteiger partial charge in [-0.1, -0.05) is 11.6 Å². The lowest BCUT2D eigenvalue weighted by atomic mass is 9.57. The highest BCUT2D eigenvalue weighted by Crippen LogP contribution is 2.56. The molecule has 0 radical (unpaired) electrons. The zero-order valence-electron chi connectivity index (χ0n) is 19.1. The van der Waals surface area contributed by atoms with Crippen LogP contribution in [0.5, 0.6) is 0 Å². The van der Waals surface area contributed by atoms with E-state index in [1.54, 1.807) is 6.07 Å². The molecular formula is C25H22ClFN8. The van der Waals surface area contributed by atoms with E-state index in [0.717, 1.165) is 48.8 Å². The molecule has 4 heterocycles. The van der Waals surface area contributed by atoms with Crippen molar-refractivity contribution in [3.63, 3.8) is 0 Å². The zero-order chi connectivity index (χ0) is 24.3. The number of nitrogens with zero attached hydrogens (tertiary/aromatic N) is 8. The largest absolute Gasteiger partial charge is 0.355 e. The molecule has 35 heavy (non-hydrogen) atoms. The molecule has 1 atom stereocenters. The van der Waals surface area contributed by atoms with E-state index >= 15 is 0 Å². The highest BCUT2D eigenvalue weighted by Gasteiger charge is 2.54. The van der Waals surface area contributed by atoms with Gasteiger partial charge < -0.3 is 4.90 Å². The van der Waals surface area contributed by atoms with E-state index in [1.165, 1.54) is 6.07 Å². The summed E-state index contributed by atoms with van der Waals surface area (Å²) in [7, 11) is 0. The molecule has 1 spiro atoms. The van der Waals surface area contributed by atoms with Gasteiger partial charge in [0.2, 0.25) is 0 Å². The third-order valence-corrected chi connectivity index (χ3v) is 7.76. The molecule has 1 aliphatic carbocycles. The number of hydrogen-bond donors (Lipinski definition) is 0. The van der Waals surface area contributed by atoms with Gasteiger partial charge in [0.1, 0.15) is 17.7 Å². The molecular weight excluding hydrogens is 467 g/mol. The van der Waals surface area contributed by atoms with Crippen LogP contribution in [0.25, 0.3) is 5.69 Å². The van der Waals surface area contributed by atoms with Crippen LogP contribution in [0.1, 0.15) is 48.6 Å². The summed E-state index contributed by atoms with van der Waals surface area (Å²) in [6.07, 6.45) is 1.96. The monoisotopic (exact) mass is 488 g/mol. The Bertz CT molecular complexity index is 1410. The molecule has 1 aromatic carbocycles. The van der Waals surface area contributed by atoms with Gasteiger partial charge >= 0.3 is 0 Å². The Morgan fingerprint density at radius 3 is 2.69 bits per heavy atom. The molecule has 176 valence electrons. The SMILES string of the molecule is CC(C#N)N1Cc2cc(Cl)ccc2-n2c(nnc2C2CC3(C2)CN(c2ccc(F)c(C#N)n2)C3)C1. The van der Waals surface area contributed by atoms with E-state index < -0.39 is 5.82 Å². The Hall–Kier alpha value is -3.53. The number of fused-ring (bicyclic) bond motifs is 3. The van der Waals surface area contributed by atoms with Crippen molar-refractivity contribution in [2.24, 2.45) is 5.41 Å². The first-order valence-electron chi connectivity index (χ1n) is 11.6. The first-order chi connectivity index (χ1) is 16.9. The van der Waals surface area contributed by atoms with Gasteiger partial charge in [0.15, 0.2) is 17.3 Å². The molecule has 1 saturated heterocycles. The first-order valence-corrected chi connectivity index (χ1v) is 12.0. The lowest BCUT2D eigenvalue weighted by Gasteiger charge is -2.59. The van der Waals surface area contributed by atoms with Gasteiger partial charge in [0.25, 0.3) is 0 Å². The van der Waals surface area contributed by atoms with E-state index in [2.05, 4.69) is 35.6 Å². The fourth-order valence-corrected chi connectivity index (χ4v) is 5.90. The lowest BCUT2D eigenvalue weighted by molar-refractivity contribution is 0.0581. The summed E-state index contributed by atoms with van der Waals surface area (Å²) in [4.78, 5) is 8.34. The van der Waals surface area contributed by atoms with Crippen LogP contribution in [-0.2, 0) is 13.1 Å². The van der Waals surface area contributed by atoms with Crippen LogP contribution in [0.2, 0.25) is 5.02 Å². The fourth-order valence-electron chi connectivity index (χ4n) is 5.71. The molecule has 3 aromatic rings. The minimum Gasteiger partial charge on any atom is -0.355 e.